The third-order valence-corrected chi connectivity index (χ3v) is 5.32. The van der Waals surface area contributed by atoms with Crippen molar-refractivity contribution in [3.8, 4) is 11.5 Å². The molecule has 140 valence electrons. The summed E-state index contributed by atoms with van der Waals surface area (Å²) in [6.07, 6.45) is 1.79. The largest absolute Gasteiger partial charge is 0.477 e. The highest BCUT2D eigenvalue weighted by Gasteiger charge is 2.33. The van der Waals surface area contributed by atoms with Gasteiger partial charge in [0.2, 0.25) is 5.78 Å². The van der Waals surface area contributed by atoms with Gasteiger partial charge in [0.15, 0.2) is 5.76 Å². The first-order valence-corrected chi connectivity index (χ1v) is 9.93. The molecule has 0 aromatic heterocycles. The van der Waals surface area contributed by atoms with Gasteiger partial charge >= 0.3 is 0 Å². The maximum absolute atomic E-state index is 12.9. The predicted octanol–water partition coefficient (Wildman–Crippen LogP) is 5.18. The van der Waals surface area contributed by atoms with Gasteiger partial charge in [0.1, 0.15) is 18.2 Å². The van der Waals surface area contributed by atoms with E-state index in [1.165, 1.54) is 0 Å². The van der Waals surface area contributed by atoms with E-state index < -0.39 is 0 Å². The molecule has 0 amide bonds. The highest BCUT2D eigenvalue weighted by Crippen LogP contribution is 2.43. The lowest BCUT2D eigenvalue weighted by atomic mass is 9.99. The Morgan fingerprint density at radius 2 is 1.96 bits per heavy atom. The SMILES string of the molecule is Cc1c2c(cc3c1O/C(=C\c1ccc(Br)cc1)C3=O)CN(CC(C)C)CO2. The zero-order chi connectivity index (χ0) is 19.1. The summed E-state index contributed by atoms with van der Waals surface area (Å²) >= 11 is 3.42. The fourth-order valence-corrected chi connectivity index (χ4v) is 3.90. The molecular formula is C22H22BrNO3. The predicted molar refractivity (Wildman–Crippen MR) is 109 cm³/mol. The van der Waals surface area contributed by atoms with Crippen LogP contribution in [0.1, 0.15) is 40.9 Å². The zero-order valence-electron chi connectivity index (χ0n) is 15.7. The highest BCUT2D eigenvalue weighted by atomic mass is 79.9. The zero-order valence-corrected chi connectivity index (χ0v) is 17.3. The van der Waals surface area contributed by atoms with Crippen molar-refractivity contribution in [2.75, 3.05) is 13.3 Å². The van der Waals surface area contributed by atoms with Crippen LogP contribution in [0.3, 0.4) is 0 Å². The standard InChI is InChI=1S/C22H22BrNO3/c1-13(2)10-24-11-16-9-18-20(25)19(8-15-4-6-17(23)7-5-15)27-22(18)14(3)21(16)26-12-24/h4-9,13H,10-12H2,1-3H3/b19-8-. The number of hydrogen-bond acceptors (Lipinski definition) is 4. The van der Waals surface area contributed by atoms with Crippen LogP contribution in [0.2, 0.25) is 0 Å². The number of carbonyl (C=O) groups is 1. The lowest BCUT2D eigenvalue weighted by Gasteiger charge is -2.31. The minimum Gasteiger partial charge on any atom is -0.477 e. The van der Waals surface area contributed by atoms with Gasteiger partial charge in [0, 0.05) is 28.7 Å². The van der Waals surface area contributed by atoms with Crippen molar-refractivity contribution >= 4 is 27.8 Å². The summed E-state index contributed by atoms with van der Waals surface area (Å²) in [7, 11) is 0. The normalized spacial score (nSPS) is 17.7. The monoisotopic (exact) mass is 427 g/mol. The summed E-state index contributed by atoms with van der Waals surface area (Å²) in [6.45, 7) is 8.68. The van der Waals surface area contributed by atoms with Crippen LogP contribution in [0.4, 0.5) is 0 Å². The summed E-state index contributed by atoms with van der Waals surface area (Å²) in [4.78, 5) is 15.2. The molecule has 4 rings (SSSR count). The minimum atomic E-state index is -0.0696. The van der Waals surface area contributed by atoms with Crippen molar-refractivity contribution in [1.29, 1.82) is 0 Å². The topological polar surface area (TPSA) is 38.8 Å². The first-order valence-electron chi connectivity index (χ1n) is 9.14. The van der Waals surface area contributed by atoms with E-state index >= 15 is 0 Å². The molecule has 2 aliphatic heterocycles. The second kappa shape index (κ2) is 7.13. The Hall–Kier alpha value is -2.11. The lowest BCUT2D eigenvalue weighted by Crippen LogP contribution is -2.35. The Kier molecular flexibility index (Phi) is 4.82. The fraction of sp³-hybridized carbons (Fsp3) is 0.318. The number of allylic oxidation sites excluding steroid dienone is 1. The molecule has 5 heteroatoms. The number of fused-ring (bicyclic) bond motifs is 2. The highest BCUT2D eigenvalue weighted by molar-refractivity contribution is 9.10. The molecule has 0 N–H and O–H groups in total. The van der Waals surface area contributed by atoms with Gasteiger partial charge in [-0.15, -0.1) is 0 Å². The van der Waals surface area contributed by atoms with Crippen molar-refractivity contribution in [2.45, 2.75) is 27.3 Å². The van der Waals surface area contributed by atoms with E-state index in [0.717, 1.165) is 40.0 Å². The van der Waals surface area contributed by atoms with Crippen LogP contribution in [-0.4, -0.2) is 24.0 Å². The Morgan fingerprint density at radius 1 is 1.22 bits per heavy atom. The molecule has 4 nitrogen and oxygen atoms in total. The average Bonchev–Trinajstić information content (AvgIpc) is 2.93. The van der Waals surface area contributed by atoms with Crippen LogP contribution in [0.5, 0.6) is 11.5 Å². The maximum atomic E-state index is 12.9. The van der Waals surface area contributed by atoms with E-state index in [-0.39, 0.29) is 5.78 Å². The van der Waals surface area contributed by atoms with E-state index in [0.29, 0.717) is 29.7 Å². The number of benzene rings is 2. The first kappa shape index (κ1) is 18.3. The molecule has 0 aliphatic carbocycles. The summed E-state index contributed by atoms with van der Waals surface area (Å²) in [6, 6.07) is 9.72. The van der Waals surface area contributed by atoms with Crippen molar-refractivity contribution in [3.05, 3.63) is 62.8 Å². The molecule has 2 heterocycles. The van der Waals surface area contributed by atoms with E-state index in [1.54, 1.807) is 6.08 Å². The Balaban J connectivity index is 1.66. The molecule has 0 bridgehead atoms. The molecule has 27 heavy (non-hydrogen) atoms. The minimum absolute atomic E-state index is 0.0696. The van der Waals surface area contributed by atoms with Gasteiger partial charge in [-0.2, -0.15) is 0 Å². The lowest BCUT2D eigenvalue weighted by molar-refractivity contribution is 0.0835. The Bertz CT molecular complexity index is 932. The first-order chi connectivity index (χ1) is 12.9. The number of ketones is 1. The summed E-state index contributed by atoms with van der Waals surface area (Å²) in [5, 5.41) is 0. The van der Waals surface area contributed by atoms with E-state index in [9.17, 15) is 4.79 Å². The quantitative estimate of drug-likeness (QED) is 0.632. The summed E-state index contributed by atoms with van der Waals surface area (Å²) < 4.78 is 13.0. The Labute approximate surface area is 167 Å². The number of nitrogens with zero attached hydrogens (tertiary/aromatic N) is 1. The molecule has 0 saturated heterocycles. The van der Waals surface area contributed by atoms with Crippen molar-refractivity contribution in [3.63, 3.8) is 0 Å². The molecule has 2 aromatic carbocycles. The van der Waals surface area contributed by atoms with Crippen LogP contribution in [0.25, 0.3) is 6.08 Å². The molecule has 0 saturated carbocycles. The van der Waals surface area contributed by atoms with Crippen molar-refractivity contribution in [2.24, 2.45) is 5.92 Å². The van der Waals surface area contributed by atoms with Gasteiger partial charge in [-0.05, 0) is 42.7 Å². The van der Waals surface area contributed by atoms with Crippen LogP contribution < -0.4 is 9.47 Å². The molecule has 0 radical (unpaired) electrons. The number of Topliss-reactive ketones (excluding diaryl/α,β-unsaturated/α-hetero) is 1. The molecule has 2 aliphatic rings. The molecule has 0 unspecified atom stereocenters. The van der Waals surface area contributed by atoms with E-state index in [4.69, 9.17) is 9.47 Å². The fourth-order valence-electron chi connectivity index (χ4n) is 3.64. The van der Waals surface area contributed by atoms with Gasteiger partial charge in [-0.1, -0.05) is 41.9 Å². The summed E-state index contributed by atoms with van der Waals surface area (Å²) in [5.41, 5.74) is 3.51. The number of ether oxygens (including phenoxy) is 2. The van der Waals surface area contributed by atoms with E-state index in [2.05, 4.69) is 34.7 Å². The second-order valence-corrected chi connectivity index (χ2v) is 8.45. The van der Waals surface area contributed by atoms with Crippen LogP contribution in [-0.2, 0) is 6.54 Å². The van der Waals surface area contributed by atoms with Crippen molar-refractivity contribution < 1.29 is 14.3 Å². The number of rotatable bonds is 3. The molecule has 2 aromatic rings. The number of halogens is 1. The maximum Gasteiger partial charge on any atom is 0.231 e. The summed E-state index contributed by atoms with van der Waals surface area (Å²) in [5.74, 6) is 2.33. The van der Waals surface area contributed by atoms with Crippen LogP contribution in [0.15, 0.2) is 40.6 Å². The van der Waals surface area contributed by atoms with Gasteiger partial charge in [-0.3, -0.25) is 9.69 Å². The van der Waals surface area contributed by atoms with Gasteiger partial charge in [-0.25, -0.2) is 0 Å². The smallest absolute Gasteiger partial charge is 0.231 e. The third-order valence-electron chi connectivity index (χ3n) is 4.79. The van der Waals surface area contributed by atoms with Gasteiger partial charge in [0.05, 0.1) is 5.56 Å². The molecular weight excluding hydrogens is 406 g/mol. The van der Waals surface area contributed by atoms with Gasteiger partial charge in [0.25, 0.3) is 0 Å². The second-order valence-electron chi connectivity index (χ2n) is 7.54. The van der Waals surface area contributed by atoms with Crippen molar-refractivity contribution in [1.82, 2.24) is 4.90 Å². The van der Waals surface area contributed by atoms with Crippen LogP contribution in [0, 0.1) is 12.8 Å². The van der Waals surface area contributed by atoms with Gasteiger partial charge < -0.3 is 9.47 Å². The van der Waals surface area contributed by atoms with Crippen LogP contribution >= 0.6 is 15.9 Å². The molecule has 0 spiro atoms. The molecule has 0 fully saturated rings. The third kappa shape index (κ3) is 3.54. The number of carbonyl (C=O) groups excluding carboxylic acids is 1. The average molecular weight is 428 g/mol. The molecule has 0 atom stereocenters. The van der Waals surface area contributed by atoms with E-state index in [1.807, 2.05) is 37.3 Å². The number of hydrogen-bond donors (Lipinski definition) is 0. The Morgan fingerprint density at radius 3 is 2.67 bits per heavy atom.